The first-order valence-corrected chi connectivity index (χ1v) is 6.81. The van der Waals surface area contributed by atoms with Crippen molar-refractivity contribution in [1.82, 2.24) is 15.3 Å². The molecule has 0 aromatic carbocycles. The number of hydrogen-bond acceptors (Lipinski definition) is 5. The highest BCUT2D eigenvalue weighted by atomic mass is 16.3. The fourth-order valence-corrected chi connectivity index (χ4v) is 2.72. The van der Waals surface area contributed by atoms with Gasteiger partial charge >= 0.3 is 0 Å². The molecule has 0 bridgehead atoms. The molecule has 0 amide bonds. The summed E-state index contributed by atoms with van der Waals surface area (Å²) in [6, 6.07) is 0.368. The quantitative estimate of drug-likeness (QED) is 0.813. The van der Waals surface area contributed by atoms with E-state index >= 15 is 0 Å². The Morgan fingerprint density at radius 2 is 2.06 bits per heavy atom. The number of aromatic nitrogens is 2. The lowest BCUT2D eigenvalue weighted by Crippen LogP contribution is -2.36. The summed E-state index contributed by atoms with van der Waals surface area (Å²) in [6.45, 7) is 2.82. The molecule has 3 heterocycles. The zero-order chi connectivity index (χ0) is 12.4. The predicted molar refractivity (Wildman–Crippen MR) is 69.5 cm³/mol. The maximum absolute atomic E-state index is 9.53. The number of rotatable bonds is 2. The number of nitrogens with one attached hydrogen (secondary N) is 1. The maximum Gasteiger partial charge on any atom is 0.147 e. The Balaban J connectivity index is 1.74. The molecular weight excluding hydrogens is 228 g/mol. The van der Waals surface area contributed by atoms with Crippen LogP contribution in [0.4, 0.5) is 5.82 Å². The van der Waals surface area contributed by atoms with Crippen LogP contribution in [0.1, 0.15) is 37.4 Å². The molecule has 1 unspecified atom stereocenters. The van der Waals surface area contributed by atoms with Gasteiger partial charge in [0.05, 0.1) is 30.2 Å². The fourth-order valence-electron chi connectivity index (χ4n) is 2.72. The summed E-state index contributed by atoms with van der Waals surface area (Å²) in [5.41, 5.74) is 1.05. The maximum atomic E-state index is 9.53. The smallest absolute Gasteiger partial charge is 0.147 e. The number of anilines is 1. The molecule has 2 fully saturated rings. The molecule has 98 valence electrons. The number of hydrogen-bond donors (Lipinski definition) is 2. The Kier molecular flexibility index (Phi) is 3.43. The minimum Gasteiger partial charge on any atom is -0.393 e. The van der Waals surface area contributed by atoms with Crippen LogP contribution in [0, 0.1) is 0 Å². The molecule has 1 aromatic heterocycles. The first kappa shape index (κ1) is 11.9. The Labute approximate surface area is 107 Å². The van der Waals surface area contributed by atoms with Crippen LogP contribution in [0.25, 0.3) is 0 Å². The van der Waals surface area contributed by atoms with E-state index in [-0.39, 0.29) is 6.10 Å². The summed E-state index contributed by atoms with van der Waals surface area (Å²) in [5, 5.41) is 13.0. The largest absolute Gasteiger partial charge is 0.393 e. The number of nitrogens with zero attached hydrogens (tertiary/aromatic N) is 3. The minimum absolute atomic E-state index is 0.145. The van der Waals surface area contributed by atoms with Crippen LogP contribution < -0.4 is 10.2 Å². The monoisotopic (exact) mass is 248 g/mol. The lowest BCUT2D eigenvalue weighted by atomic mass is 10.1. The van der Waals surface area contributed by atoms with E-state index in [2.05, 4.69) is 15.2 Å². The van der Waals surface area contributed by atoms with Crippen LogP contribution in [0.2, 0.25) is 0 Å². The molecule has 0 radical (unpaired) electrons. The van der Waals surface area contributed by atoms with E-state index in [4.69, 9.17) is 4.98 Å². The number of aliphatic hydroxyl groups excluding tert-OH is 1. The van der Waals surface area contributed by atoms with Gasteiger partial charge in [-0.15, -0.1) is 0 Å². The third-order valence-corrected chi connectivity index (χ3v) is 3.85. The standard InChI is InChI=1S/C13H20N4O/c18-10-3-6-17(7-4-10)13-9-14-8-12(16-13)11-2-1-5-15-11/h8-11,15,18H,1-7H2. The molecule has 1 atom stereocenters. The lowest BCUT2D eigenvalue weighted by molar-refractivity contribution is 0.145. The Morgan fingerprint density at radius 3 is 2.78 bits per heavy atom. The topological polar surface area (TPSA) is 61.3 Å². The van der Waals surface area contributed by atoms with Gasteiger partial charge in [0.2, 0.25) is 0 Å². The van der Waals surface area contributed by atoms with Crippen LogP contribution in [0.3, 0.4) is 0 Å². The highest BCUT2D eigenvalue weighted by molar-refractivity contribution is 5.37. The Morgan fingerprint density at radius 1 is 1.22 bits per heavy atom. The van der Waals surface area contributed by atoms with Crippen LogP contribution in [0.15, 0.2) is 12.4 Å². The van der Waals surface area contributed by atoms with Crippen molar-refractivity contribution in [2.24, 2.45) is 0 Å². The summed E-state index contributed by atoms with van der Waals surface area (Å²) in [6.07, 6.45) is 7.57. The van der Waals surface area contributed by atoms with E-state index in [0.717, 1.165) is 50.4 Å². The van der Waals surface area contributed by atoms with E-state index in [0.29, 0.717) is 6.04 Å². The van der Waals surface area contributed by atoms with Crippen molar-refractivity contribution in [2.75, 3.05) is 24.5 Å². The summed E-state index contributed by atoms with van der Waals surface area (Å²) in [4.78, 5) is 11.3. The van der Waals surface area contributed by atoms with Crippen LogP contribution in [0.5, 0.6) is 0 Å². The first-order chi connectivity index (χ1) is 8.83. The SMILES string of the molecule is OC1CCN(c2cncc(C3CCCN3)n2)CC1. The number of piperidine rings is 1. The van der Waals surface area contributed by atoms with E-state index in [1.165, 1.54) is 6.42 Å². The molecule has 18 heavy (non-hydrogen) atoms. The average molecular weight is 248 g/mol. The van der Waals surface area contributed by atoms with Gasteiger partial charge in [-0.3, -0.25) is 4.98 Å². The van der Waals surface area contributed by atoms with Gasteiger partial charge in [0.1, 0.15) is 5.82 Å². The zero-order valence-electron chi connectivity index (χ0n) is 10.5. The Bertz CT molecular complexity index is 398. The van der Waals surface area contributed by atoms with Crippen molar-refractivity contribution < 1.29 is 5.11 Å². The van der Waals surface area contributed by atoms with Crippen LogP contribution >= 0.6 is 0 Å². The minimum atomic E-state index is -0.145. The molecule has 2 N–H and O–H groups in total. The van der Waals surface area contributed by atoms with Crippen molar-refractivity contribution in [1.29, 1.82) is 0 Å². The molecule has 0 spiro atoms. The van der Waals surface area contributed by atoms with Gasteiger partial charge in [0, 0.05) is 13.1 Å². The second-order valence-corrected chi connectivity index (χ2v) is 5.17. The summed E-state index contributed by atoms with van der Waals surface area (Å²) >= 11 is 0. The normalized spacial score (nSPS) is 25.6. The van der Waals surface area contributed by atoms with Gasteiger partial charge in [-0.1, -0.05) is 0 Å². The molecular formula is C13H20N4O. The van der Waals surface area contributed by atoms with Gasteiger partial charge in [-0.05, 0) is 32.2 Å². The van der Waals surface area contributed by atoms with Gasteiger partial charge in [0.15, 0.2) is 0 Å². The molecule has 3 rings (SSSR count). The second kappa shape index (κ2) is 5.20. The van der Waals surface area contributed by atoms with E-state index < -0.39 is 0 Å². The van der Waals surface area contributed by atoms with Crippen molar-refractivity contribution in [3.8, 4) is 0 Å². The van der Waals surface area contributed by atoms with E-state index in [1.807, 2.05) is 12.4 Å². The molecule has 0 aliphatic carbocycles. The highest BCUT2D eigenvalue weighted by Gasteiger charge is 2.21. The highest BCUT2D eigenvalue weighted by Crippen LogP contribution is 2.23. The summed E-state index contributed by atoms with van der Waals surface area (Å²) in [7, 11) is 0. The molecule has 1 aromatic rings. The first-order valence-electron chi connectivity index (χ1n) is 6.81. The molecule has 2 aliphatic rings. The second-order valence-electron chi connectivity index (χ2n) is 5.17. The molecule has 2 saturated heterocycles. The van der Waals surface area contributed by atoms with E-state index in [9.17, 15) is 5.11 Å². The fraction of sp³-hybridized carbons (Fsp3) is 0.692. The van der Waals surface area contributed by atoms with Crippen molar-refractivity contribution in [2.45, 2.75) is 37.8 Å². The van der Waals surface area contributed by atoms with Crippen molar-refractivity contribution >= 4 is 5.82 Å². The lowest BCUT2D eigenvalue weighted by Gasteiger charge is -2.30. The van der Waals surface area contributed by atoms with Crippen molar-refractivity contribution in [3.05, 3.63) is 18.1 Å². The third kappa shape index (κ3) is 2.47. The third-order valence-electron chi connectivity index (χ3n) is 3.85. The number of aliphatic hydroxyl groups is 1. The van der Waals surface area contributed by atoms with Gasteiger partial charge < -0.3 is 15.3 Å². The van der Waals surface area contributed by atoms with E-state index in [1.54, 1.807) is 0 Å². The molecule has 5 heteroatoms. The molecule has 5 nitrogen and oxygen atoms in total. The van der Waals surface area contributed by atoms with Gasteiger partial charge in [-0.2, -0.15) is 0 Å². The Hall–Kier alpha value is -1.20. The molecule has 2 aliphatic heterocycles. The summed E-state index contributed by atoms with van der Waals surface area (Å²) in [5.74, 6) is 0.952. The van der Waals surface area contributed by atoms with Gasteiger partial charge in [0.25, 0.3) is 0 Å². The summed E-state index contributed by atoms with van der Waals surface area (Å²) < 4.78 is 0. The average Bonchev–Trinajstić information content (AvgIpc) is 2.94. The predicted octanol–water partition coefficient (Wildman–Crippen LogP) is 0.862. The van der Waals surface area contributed by atoms with Crippen LogP contribution in [-0.2, 0) is 0 Å². The van der Waals surface area contributed by atoms with Gasteiger partial charge in [-0.25, -0.2) is 4.98 Å². The zero-order valence-corrected chi connectivity index (χ0v) is 10.5. The van der Waals surface area contributed by atoms with Crippen molar-refractivity contribution in [3.63, 3.8) is 0 Å². The molecule has 0 saturated carbocycles. The van der Waals surface area contributed by atoms with Crippen LogP contribution in [-0.4, -0.2) is 40.8 Å².